The number of carbonyl (C=O) groups excluding carboxylic acids is 2. The average Bonchev–Trinajstić information content (AvgIpc) is 3.05. The highest BCUT2D eigenvalue weighted by Gasteiger charge is 2.63. The maximum atomic E-state index is 12.7. The summed E-state index contributed by atoms with van der Waals surface area (Å²) in [5.74, 6) is -0.0816. The van der Waals surface area contributed by atoms with Crippen LogP contribution in [0.2, 0.25) is 0 Å². The lowest BCUT2D eigenvalue weighted by Crippen LogP contribution is -2.35. The van der Waals surface area contributed by atoms with E-state index in [1.807, 2.05) is 26.0 Å². The number of benzene rings is 1. The van der Waals surface area contributed by atoms with Crippen molar-refractivity contribution < 1.29 is 14.3 Å². The number of hydrogen-bond acceptors (Lipinski definition) is 3. The fourth-order valence-corrected chi connectivity index (χ4v) is 4.84. The lowest BCUT2D eigenvalue weighted by atomic mass is 9.79. The quantitative estimate of drug-likeness (QED) is 0.820. The number of esters is 1. The second-order valence-corrected chi connectivity index (χ2v) is 7.63. The first-order valence-corrected chi connectivity index (χ1v) is 8.53. The molecule has 2 saturated carbocycles. The molecule has 3 fully saturated rings. The highest BCUT2D eigenvalue weighted by molar-refractivity contribution is 9.10. The fourth-order valence-electron chi connectivity index (χ4n) is 4.61. The zero-order valence-electron chi connectivity index (χ0n) is 12.6. The summed E-state index contributed by atoms with van der Waals surface area (Å²) in [6.07, 6.45) is 1.88. The summed E-state index contributed by atoms with van der Waals surface area (Å²) in [5.41, 5.74) is 2.97. The van der Waals surface area contributed by atoms with Gasteiger partial charge in [-0.05, 0) is 55.9 Å². The molecular weight excluding hydrogens is 346 g/mol. The Bertz CT molecular complexity index is 661. The standard InChI is InChI=1S/C17H18BrNO3/c1-7-3-10(4-8(2)15(7)18)19-16(20)13-9-5-11-12(6-9)22-17(21)14(11)13/h3-4,9,11-14H,5-6H2,1-2H3,(H,19,20)/t9-,11+,12+,13-,14+/m1/s1. The summed E-state index contributed by atoms with van der Waals surface area (Å²) in [4.78, 5) is 24.7. The van der Waals surface area contributed by atoms with Gasteiger partial charge in [0.2, 0.25) is 5.91 Å². The number of nitrogens with one attached hydrogen (secondary N) is 1. The molecule has 2 aliphatic carbocycles. The third kappa shape index (κ3) is 1.94. The highest BCUT2D eigenvalue weighted by atomic mass is 79.9. The third-order valence-electron chi connectivity index (χ3n) is 5.49. The first-order valence-electron chi connectivity index (χ1n) is 7.74. The zero-order chi connectivity index (χ0) is 15.6. The first kappa shape index (κ1) is 14.2. The molecule has 4 nitrogen and oxygen atoms in total. The van der Waals surface area contributed by atoms with Crippen LogP contribution in [0.25, 0.3) is 0 Å². The Morgan fingerprint density at radius 2 is 1.95 bits per heavy atom. The molecule has 0 aromatic heterocycles. The first-order chi connectivity index (χ1) is 10.5. The smallest absolute Gasteiger partial charge is 0.310 e. The van der Waals surface area contributed by atoms with Gasteiger partial charge in [-0.15, -0.1) is 0 Å². The third-order valence-corrected chi connectivity index (χ3v) is 6.74. The van der Waals surface area contributed by atoms with Gasteiger partial charge in [0, 0.05) is 16.1 Å². The second-order valence-electron chi connectivity index (χ2n) is 6.84. The zero-order valence-corrected chi connectivity index (χ0v) is 14.1. The van der Waals surface area contributed by atoms with Crippen molar-refractivity contribution in [3.05, 3.63) is 27.7 Å². The van der Waals surface area contributed by atoms with Gasteiger partial charge in [0.15, 0.2) is 0 Å². The summed E-state index contributed by atoms with van der Waals surface area (Å²) in [5, 5.41) is 3.01. The molecule has 22 heavy (non-hydrogen) atoms. The number of rotatable bonds is 2. The Balaban J connectivity index is 1.57. The maximum Gasteiger partial charge on any atom is 0.310 e. The molecule has 1 amide bonds. The van der Waals surface area contributed by atoms with Crippen molar-refractivity contribution in [1.29, 1.82) is 0 Å². The summed E-state index contributed by atoms with van der Waals surface area (Å²) in [7, 11) is 0. The van der Waals surface area contributed by atoms with Gasteiger partial charge in [0.25, 0.3) is 0 Å². The maximum absolute atomic E-state index is 12.7. The van der Waals surface area contributed by atoms with Gasteiger partial charge in [-0.1, -0.05) is 15.9 Å². The highest BCUT2D eigenvalue weighted by Crippen LogP contribution is 2.57. The average molecular weight is 364 g/mol. The van der Waals surface area contributed by atoms with Crippen LogP contribution in [-0.4, -0.2) is 18.0 Å². The predicted octanol–water partition coefficient (Wildman–Crippen LogP) is 3.20. The van der Waals surface area contributed by atoms with Gasteiger partial charge in [0.1, 0.15) is 6.10 Å². The van der Waals surface area contributed by atoms with E-state index in [9.17, 15) is 9.59 Å². The van der Waals surface area contributed by atoms with Crippen LogP contribution >= 0.6 is 15.9 Å². The van der Waals surface area contributed by atoms with E-state index in [1.165, 1.54) is 0 Å². The van der Waals surface area contributed by atoms with E-state index >= 15 is 0 Å². The van der Waals surface area contributed by atoms with Crippen molar-refractivity contribution in [1.82, 2.24) is 0 Å². The predicted molar refractivity (Wildman–Crippen MR) is 85.3 cm³/mol. The van der Waals surface area contributed by atoms with Crippen LogP contribution in [0, 0.1) is 37.5 Å². The molecule has 5 atom stereocenters. The van der Waals surface area contributed by atoms with Crippen molar-refractivity contribution >= 4 is 33.5 Å². The van der Waals surface area contributed by atoms with E-state index in [0.717, 1.165) is 34.1 Å². The van der Waals surface area contributed by atoms with Crippen LogP contribution in [0.3, 0.4) is 0 Å². The second kappa shape index (κ2) is 4.82. The lowest BCUT2D eigenvalue weighted by molar-refractivity contribution is -0.145. The molecule has 1 aromatic rings. The summed E-state index contributed by atoms with van der Waals surface area (Å²) < 4.78 is 6.46. The minimum Gasteiger partial charge on any atom is -0.462 e. The fraction of sp³-hybridized carbons (Fsp3) is 0.529. The number of hydrogen-bond donors (Lipinski definition) is 1. The van der Waals surface area contributed by atoms with Crippen LogP contribution < -0.4 is 5.32 Å². The molecular formula is C17H18BrNO3. The lowest BCUT2D eigenvalue weighted by Gasteiger charge is -2.23. The number of aryl methyl sites for hydroxylation is 2. The molecule has 1 aromatic carbocycles. The van der Waals surface area contributed by atoms with E-state index in [2.05, 4.69) is 21.2 Å². The van der Waals surface area contributed by atoms with Gasteiger partial charge in [0.05, 0.1) is 11.8 Å². The van der Waals surface area contributed by atoms with Gasteiger partial charge in [-0.25, -0.2) is 0 Å². The number of carbonyl (C=O) groups is 2. The Morgan fingerprint density at radius 1 is 1.27 bits per heavy atom. The molecule has 1 N–H and O–H groups in total. The summed E-state index contributed by atoms with van der Waals surface area (Å²) >= 11 is 3.53. The van der Waals surface area contributed by atoms with Crippen LogP contribution in [0.4, 0.5) is 5.69 Å². The molecule has 1 aliphatic heterocycles. The van der Waals surface area contributed by atoms with Crippen LogP contribution in [0.5, 0.6) is 0 Å². The number of halogens is 1. The number of fused-ring (bicyclic) bond motifs is 1. The minimum atomic E-state index is -0.222. The molecule has 0 spiro atoms. The van der Waals surface area contributed by atoms with Crippen molar-refractivity contribution in [2.75, 3.05) is 5.32 Å². The molecule has 2 bridgehead atoms. The number of anilines is 1. The van der Waals surface area contributed by atoms with Gasteiger partial charge in [-0.3, -0.25) is 9.59 Å². The van der Waals surface area contributed by atoms with Crippen molar-refractivity contribution in [3.8, 4) is 0 Å². The Kier molecular flexibility index (Phi) is 3.12. The van der Waals surface area contributed by atoms with E-state index in [4.69, 9.17) is 4.74 Å². The summed E-state index contributed by atoms with van der Waals surface area (Å²) in [6, 6.07) is 3.91. The van der Waals surface area contributed by atoms with Crippen LogP contribution in [0.15, 0.2) is 16.6 Å². The normalized spacial score (nSPS) is 34.9. The van der Waals surface area contributed by atoms with Gasteiger partial charge < -0.3 is 10.1 Å². The molecule has 3 aliphatic rings. The number of ether oxygens (including phenoxy) is 1. The Hall–Kier alpha value is -1.36. The van der Waals surface area contributed by atoms with E-state index in [-0.39, 0.29) is 35.7 Å². The topological polar surface area (TPSA) is 55.4 Å². The van der Waals surface area contributed by atoms with Gasteiger partial charge >= 0.3 is 5.97 Å². The van der Waals surface area contributed by atoms with Crippen molar-refractivity contribution in [2.24, 2.45) is 23.7 Å². The molecule has 0 radical (unpaired) electrons. The van der Waals surface area contributed by atoms with Crippen LogP contribution in [0.1, 0.15) is 24.0 Å². The Morgan fingerprint density at radius 3 is 2.64 bits per heavy atom. The van der Waals surface area contributed by atoms with Crippen molar-refractivity contribution in [3.63, 3.8) is 0 Å². The molecule has 1 heterocycles. The van der Waals surface area contributed by atoms with E-state index in [1.54, 1.807) is 0 Å². The monoisotopic (exact) mass is 363 g/mol. The molecule has 5 heteroatoms. The van der Waals surface area contributed by atoms with Crippen LogP contribution in [-0.2, 0) is 14.3 Å². The minimum absolute atomic E-state index is 0.0316. The van der Waals surface area contributed by atoms with E-state index < -0.39 is 0 Å². The van der Waals surface area contributed by atoms with Crippen molar-refractivity contribution in [2.45, 2.75) is 32.8 Å². The Labute approximate surface area is 137 Å². The largest absolute Gasteiger partial charge is 0.462 e. The molecule has 116 valence electrons. The molecule has 0 unspecified atom stereocenters. The molecule has 1 saturated heterocycles. The molecule has 4 rings (SSSR count). The van der Waals surface area contributed by atoms with E-state index in [0.29, 0.717) is 5.92 Å². The van der Waals surface area contributed by atoms with Gasteiger partial charge in [-0.2, -0.15) is 0 Å². The number of amides is 1. The SMILES string of the molecule is Cc1cc(NC(=O)[C@@H]2[C@@H]3C[C@@H]4[C@@H]2C(=O)O[C@H]4C3)cc(C)c1Br. The summed E-state index contributed by atoms with van der Waals surface area (Å²) in [6.45, 7) is 4.01.